The van der Waals surface area contributed by atoms with Crippen LogP contribution in [0.5, 0.6) is 0 Å². The van der Waals surface area contributed by atoms with Gasteiger partial charge in [0.15, 0.2) is 0 Å². The van der Waals surface area contributed by atoms with Crippen LogP contribution in [-0.4, -0.2) is 6.26 Å². The van der Waals surface area contributed by atoms with Crippen molar-refractivity contribution in [1.82, 2.24) is 0 Å². The Labute approximate surface area is 113 Å². The first-order valence-corrected chi connectivity index (χ1v) is 7.20. The smallest absolute Gasteiger partial charge is 0.0496 e. The third-order valence-electron chi connectivity index (χ3n) is 2.33. The largest absolute Gasteiger partial charge is 0.129 e. The van der Waals surface area contributed by atoms with Crippen LogP contribution < -0.4 is 0 Å². The minimum Gasteiger partial charge on any atom is -0.129 e. The molecule has 0 aliphatic rings. The van der Waals surface area contributed by atoms with Crippen molar-refractivity contribution in [2.45, 2.75) is 4.90 Å². The van der Waals surface area contributed by atoms with Crippen molar-refractivity contribution in [3.8, 4) is 11.1 Å². The van der Waals surface area contributed by atoms with Crippen molar-refractivity contribution in [3.05, 3.63) is 52.0 Å². The van der Waals surface area contributed by atoms with Gasteiger partial charge in [-0.25, -0.2) is 0 Å². The number of thioether (sulfide) groups is 1. The molecule has 0 bridgehead atoms. The van der Waals surface area contributed by atoms with Gasteiger partial charge in [0.2, 0.25) is 0 Å². The van der Waals surface area contributed by atoms with Crippen LogP contribution in [0.15, 0.2) is 51.8 Å². The van der Waals surface area contributed by atoms with Gasteiger partial charge in [-0.05, 0) is 30.0 Å². The van der Waals surface area contributed by atoms with E-state index in [0.717, 1.165) is 15.1 Å². The van der Waals surface area contributed by atoms with Gasteiger partial charge in [0, 0.05) is 20.0 Å². The molecule has 2 aromatic carbocycles. The number of hydrogen-bond acceptors (Lipinski definition) is 1. The van der Waals surface area contributed by atoms with E-state index in [1.807, 2.05) is 30.3 Å². The molecule has 0 amide bonds. The topological polar surface area (TPSA) is 0 Å². The molecule has 2 rings (SSSR count). The Balaban J connectivity index is 2.58. The van der Waals surface area contributed by atoms with Crippen molar-refractivity contribution in [2.75, 3.05) is 6.26 Å². The van der Waals surface area contributed by atoms with Crippen molar-refractivity contribution in [1.29, 1.82) is 0 Å². The lowest BCUT2D eigenvalue weighted by atomic mass is 10.1. The van der Waals surface area contributed by atoms with E-state index in [1.54, 1.807) is 11.8 Å². The molecule has 0 radical (unpaired) electrons. The van der Waals surface area contributed by atoms with Crippen LogP contribution in [0.25, 0.3) is 11.1 Å². The number of hydrogen-bond donors (Lipinski definition) is 0. The standard InChI is InChI=1S/C13H10BrClS/c1-16-13-5-3-2-4-11(13)10-7-6-9(14)8-12(10)15/h2-8H,1H3. The Morgan fingerprint density at radius 1 is 1.06 bits per heavy atom. The molecule has 0 saturated heterocycles. The maximum Gasteiger partial charge on any atom is 0.0496 e. The molecule has 0 nitrogen and oxygen atoms in total. The summed E-state index contributed by atoms with van der Waals surface area (Å²) in [6.45, 7) is 0. The van der Waals surface area contributed by atoms with Gasteiger partial charge in [0.05, 0.1) is 0 Å². The maximum atomic E-state index is 6.25. The van der Waals surface area contributed by atoms with Gasteiger partial charge in [-0.1, -0.05) is 51.8 Å². The molecule has 0 saturated carbocycles. The summed E-state index contributed by atoms with van der Waals surface area (Å²) in [6, 6.07) is 14.3. The molecule has 0 spiro atoms. The summed E-state index contributed by atoms with van der Waals surface area (Å²) in [5, 5.41) is 0.774. The van der Waals surface area contributed by atoms with Gasteiger partial charge >= 0.3 is 0 Å². The highest BCUT2D eigenvalue weighted by Gasteiger charge is 2.07. The Bertz CT molecular complexity index is 511. The second kappa shape index (κ2) is 5.26. The highest BCUT2D eigenvalue weighted by Crippen LogP contribution is 2.35. The third kappa shape index (κ3) is 2.45. The van der Waals surface area contributed by atoms with Gasteiger partial charge < -0.3 is 0 Å². The summed E-state index contributed by atoms with van der Waals surface area (Å²) in [5.41, 5.74) is 2.27. The summed E-state index contributed by atoms with van der Waals surface area (Å²) in [7, 11) is 0. The van der Waals surface area contributed by atoms with Crippen LogP contribution in [0, 0.1) is 0 Å². The van der Waals surface area contributed by atoms with Crippen molar-refractivity contribution < 1.29 is 0 Å². The lowest BCUT2D eigenvalue weighted by Gasteiger charge is -2.09. The molecule has 0 aliphatic heterocycles. The van der Waals surface area contributed by atoms with Crippen molar-refractivity contribution >= 4 is 39.3 Å². The minimum absolute atomic E-state index is 0.774. The number of halogens is 2. The van der Waals surface area contributed by atoms with Crippen molar-refractivity contribution in [3.63, 3.8) is 0 Å². The van der Waals surface area contributed by atoms with E-state index in [2.05, 4.69) is 34.3 Å². The molecule has 0 aliphatic carbocycles. The maximum absolute atomic E-state index is 6.25. The Hall–Kier alpha value is -0.440. The fourth-order valence-corrected chi connectivity index (χ4v) is 2.96. The van der Waals surface area contributed by atoms with E-state index in [-0.39, 0.29) is 0 Å². The minimum atomic E-state index is 0.774. The Morgan fingerprint density at radius 3 is 2.50 bits per heavy atom. The molecule has 3 heteroatoms. The van der Waals surface area contributed by atoms with Gasteiger partial charge in [-0.15, -0.1) is 11.8 Å². The van der Waals surface area contributed by atoms with Crippen LogP contribution in [0.4, 0.5) is 0 Å². The zero-order chi connectivity index (χ0) is 11.5. The second-order valence-electron chi connectivity index (χ2n) is 3.32. The van der Waals surface area contributed by atoms with Crippen LogP contribution in [0.1, 0.15) is 0 Å². The highest BCUT2D eigenvalue weighted by molar-refractivity contribution is 9.10. The second-order valence-corrected chi connectivity index (χ2v) is 5.50. The van der Waals surface area contributed by atoms with Gasteiger partial charge in [0.25, 0.3) is 0 Å². The average molecular weight is 314 g/mol. The monoisotopic (exact) mass is 312 g/mol. The first-order chi connectivity index (χ1) is 7.72. The molecule has 82 valence electrons. The lowest BCUT2D eigenvalue weighted by Crippen LogP contribution is -1.83. The van der Waals surface area contributed by atoms with E-state index >= 15 is 0 Å². The zero-order valence-corrected chi connectivity index (χ0v) is 11.9. The van der Waals surface area contributed by atoms with Gasteiger partial charge in [0.1, 0.15) is 0 Å². The Kier molecular flexibility index (Phi) is 3.95. The van der Waals surface area contributed by atoms with Crippen LogP contribution in [0.3, 0.4) is 0 Å². The third-order valence-corrected chi connectivity index (χ3v) is 3.93. The van der Waals surface area contributed by atoms with Crippen molar-refractivity contribution in [2.24, 2.45) is 0 Å². The summed E-state index contributed by atoms with van der Waals surface area (Å²) in [4.78, 5) is 1.24. The summed E-state index contributed by atoms with van der Waals surface area (Å²) in [5.74, 6) is 0. The molecule has 0 aromatic heterocycles. The molecule has 0 heterocycles. The molecule has 0 N–H and O–H groups in total. The van der Waals surface area contributed by atoms with Crippen LogP contribution in [-0.2, 0) is 0 Å². The summed E-state index contributed by atoms with van der Waals surface area (Å²) in [6.07, 6.45) is 2.07. The van der Waals surface area contributed by atoms with Gasteiger partial charge in [-0.2, -0.15) is 0 Å². The lowest BCUT2D eigenvalue weighted by molar-refractivity contribution is 1.44. The zero-order valence-electron chi connectivity index (χ0n) is 8.71. The number of rotatable bonds is 2. The van der Waals surface area contributed by atoms with Crippen LogP contribution in [0.2, 0.25) is 5.02 Å². The summed E-state index contributed by atoms with van der Waals surface area (Å²) >= 11 is 11.4. The fraction of sp³-hybridized carbons (Fsp3) is 0.0769. The molecule has 0 fully saturated rings. The molecule has 0 unspecified atom stereocenters. The van der Waals surface area contributed by atoms with Crippen LogP contribution >= 0.6 is 39.3 Å². The summed E-state index contributed by atoms with van der Waals surface area (Å²) < 4.78 is 1.00. The first kappa shape index (κ1) is 12.0. The molecule has 0 atom stereocenters. The average Bonchev–Trinajstić information content (AvgIpc) is 2.29. The normalized spacial score (nSPS) is 10.4. The molecular weight excluding hydrogens is 304 g/mol. The van der Waals surface area contributed by atoms with E-state index in [4.69, 9.17) is 11.6 Å². The SMILES string of the molecule is CSc1ccccc1-c1ccc(Br)cc1Cl. The molecule has 2 aromatic rings. The quantitative estimate of drug-likeness (QED) is 0.660. The van der Waals surface area contributed by atoms with E-state index in [9.17, 15) is 0 Å². The fourth-order valence-electron chi connectivity index (χ4n) is 1.58. The van der Waals surface area contributed by atoms with E-state index in [0.29, 0.717) is 0 Å². The first-order valence-electron chi connectivity index (χ1n) is 4.81. The molecular formula is C13H10BrClS. The predicted molar refractivity (Wildman–Crippen MR) is 76.4 cm³/mol. The van der Waals surface area contributed by atoms with E-state index < -0.39 is 0 Å². The van der Waals surface area contributed by atoms with E-state index in [1.165, 1.54) is 10.5 Å². The Morgan fingerprint density at radius 2 is 1.81 bits per heavy atom. The van der Waals surface area contributed by atoms with Gasteiger partial charge in [-0.3, -0.25) is 0 Å². The number of benzene rings is 2. The highest BCUT2D eigenvalue weighted by atomic mass is 79.9. The predicted octanol–water partition coefficient (Wildman–Crippen LogP) is 5.49. The molecule has 16 heavy (non-hydrogen) atoms.